The summed E-state index contributed by atoms with van der Waals surface area (Å²) in [6, 6.07) is 15.2. The minimum absolute atomic E-state index is 0.0265. The van der Waals surface area contributed by atoms with Crippen molar-refractivity contribution in [3.63, 3.8) is 0 Å². The fraction of sp³-hybridized carbons (Fsp3) is 0.486. The molecule has 0 radical (unpaired) electrons. The quantitative estimate of drug-likeness (QED) is 0.0523. The topological polar surface area (TPSA) is 268 Å². The number of amides is 4. The first-order chi connectivity index (χ1) is 25.4. The number of aliphatic imine (C=N–C) groups is 1. The van der Waals surface area contributed by atoms with Crippen molar-refractivity contribution in [1.82, 2.24) is 21.3 Å². The van der Waals surface area contributed by atoms with Crippen molar-refractivity contribution >= 4 is 35.7 Å². The van der Waals surface area contributed by atoms with E-state index < -0.39 is 60.9 Å². The van der Waals surface area contributed by atoms with Crippen LogP contribution < -0.4 is 32.7 Å². The second kappa shape index (κ2) is 24.7. The van der Waals surface area contributed by atoms with Crippen LogP contribution in [0.25, 0.3) is 0 Å². The maximum atomic E-state index is 13.2. The normalized spacial score (nSPS) is 13.1. The van der Waals surface area contributed by atoms with Gasteiger partial charge in [0.15, 0.2) is 5.96 Å². The average molecular weight is 770 g/mol. The summed E-state index contributed by atoms with van der Waals surface area (Å²) in [6.07, 6.45) is -6.06. The fourth-order valence-corrected chi connectivity index (χ4v) is 4.64. The number of aliphatic carboxylic acids is 1. The number of ether oxygens (including phenoxy) is 1. The number of nitrogens with zero attached hydrogens (tertiary/aromatic N) is 1. The van der Waals surface area contributed by atoms with Crippen molar-refractivity contribution in [2.45, 2.75) is 83.0 Å². The number of carboxylic acid groups (broad SMARTS) is 1. The van der Waals surface area contributed by atoms with Crippen molar-refractivity contribution in [2.24, 2.45) is 22.4 Å². The number of benzene rings is 2. The third kappa shape index (κ3) is 20.6. The molecule has 0 saturated heterocycles. The average Bonchev–Trinajstić information content (AvgIpc) is 3.10. The number of halogens is 3. The lowest BCUT2D eigenvalue weighted by molar-refractivity contribution is -0.192. The van der Waals surface area contributed by atoms with E-state index in [0.29, 0.717) is 25.8 Å². The monoisotopic (exact) mass is 769 g/mol. The number of nitrogens with one attached hydrogen (secondary N) is 4. The van der Waals surface area contributed by atoms with Gasteiger partial charge in [0, 0.05) is 13.1 Å². The molecule has 0 aliphatic carbocycles. The van der Waals surface area contributed by atoms with E-state index >= 15 is 0 Å². The van der Waals surface area contributed by atoms with Gasteiger partial charge >= 0.3 is 18.2 Å². The van der Waals surface area contributed by atoms with E-state index in [0.717, 1.165) is 11.1 Å². The molecule has 4 atom stereocenters. The number of aliphatic hydroxyl groups excluding tert-OH is 2. The number of carbonyl (C=O) groups is 5. The molecule has 0 heterocycles. The number of rotatable bonds is 20. The number of aliphatic hydroxyl groups is 2. The van der Waals surface area contributed by atoms with Crippen LogP contribution in [0.4, 0.5) is 18.0 Å². The van der Waals surface area contributed by atoms with Crippen LogP contribution in [-0.2, 0) is 36.9 Å². The Morgan fingerprint density at radius 2 is 1.43 bits per heavy atom. The first-order valence-electron chi connectivity index (χ1n) is 17.0. The van der Waals surface area contributed by atoms with Gasteiger partial charge in [-0.05, 0) is 42.7 Å². The first-order valence-corrected chi connectivity index (χ1v) is 17.0. The van der Waals surface area contributed by atoms with Crippen LogP contribution in [-0.4, -0.2) is 101 Å². The maximum absolute atomic E-state index is 13.2. The van der Waals surface area contributed by atoms with Gasteiger partial charge in [0.25, 0.3) is 0 Å². The lowest BCUT2D eigenvalue weighted by atomic mass is 9.96. The molecule has 0 saturated carbocycles. The van der Waals surface area contributed by atoms with Crippen LogP contribution in [0.5, 0.6) is 0 Å². The second-order valence-electron chi connectivity index (χ2n) is 12.4. The number of nitrogens with two attached hydrogens (primary N) is 2. The van der Waals surface area contributed by atoms with E-state index in [2.05, 4.69) is 26.3 Å². The molecular formula is C35H50F3N7O9. The Hall–Kier alpha value is -5.43. The Balaban J connectivity index is 0.00000189. The largest absolute Gasteiger partial charge is 0.490 e. The van der Waals surface area contributed by atoms with E-state index in [1.165, 1.54) is 0 Å². The molecule has 2 aromatic rings. The fourth-order valence-electron chi connectivity index (χ4n) is 4.64. The Morgan fingerprint density at radius 1 is 0.870 bits per heavy atom. The molecule has 19 heteroatoms. The molecular weight excluding hydrogens is 719 g/mol. The Kier molecular flexibility index (Phi) is 21.3. The van der Waals surface area contributed by atoms with Crippen LogP contribution in [0.1, 0.15) is 50.7 Å². The molecule has 0 aliphatic rings. The van der Waals surface area contributed by atoms with Crippen LogP contribution in [0.2, 0.25) is 0 Å². The van der Waals surface area contributed by atoms with Crippen LogP contribution in [0.15, 0.2) is 65.7 Å². The summed E-state index contributed by atoms with van der Waals surface area (Å²) in [5.41, 5.74) is 12.5. The molecule has 54 heavy (non-hydrogen) atoms. The molecule has 0 bridgehead atoms. The third-order valence-corrected chi connectivity index (χ3v) is 7.32. The third-order valence-electron chi connectivity index (χ3n) is 7.32. The van der Waals surface area contributed by atoms with Gasteiger partial charge < -0.3 is 52.8 Å². The van der Waals surface area contributed by atoms with Gasteiger partial charge in [-0.3, -0.25) is 19.4 Å². The molecule has 4 amide bonds. The lowest BCUT2D eigenvalue weighted by Crippen LogP contribution is -2.57. The highest BCUT2D eigenvalue weighted by molar-refractivity contribution is 5.91. The Bertz CT molecular complexity index is 1480. The van der Waals surface area contributed by atoms with Crippen LogP contribution in [0.3, 0.4) is 0 Å². The summed E-state index contributed by atoms with van der Waals surface area (Å²) < 4.78 is 37.0. The number of alkyl carbamates (subject to hydrolysis) is 1. The highest BCUT2D eigenvalue weighted by Gasteiger charge is 2.38. The van der Waals surface area contributed by atoms with Gasteiger partial charge in [-0.1, -0.05) is 74.5 Å². The number of hydrogen-bond acceptors (Lipinski definition) is 9. The molecule has 0 spiro atoms. The zero-order chi connectivity index (χ0) is 40.7. The number of carbonyl (C=O) groups excluding carboxylic acids is 4. The summed E-state index contributed by atoms with van der Waals surface area (Å²) in [5, 5.41) is 38.4. The standard InChI is InChI=1S/C33H49N7O7.C2HF3O2/c1-22(2)18-26(28(42)19-29(43)36-17-15-23-10-5-3-6-11-23)38-31(45)27(20-41)39-30(44)25(14-9-16-37-32(34)35)40-33(46)47-21-24-12-7-4-8-13-24;3-2(4,5)1(6)7/h3-8,10-13,22,25-28,41-42H,9,14-21H2,1-2H3,(H,36,43)(H,38,45)(H,39,44)(H,40,46)(H4,34,35,37);(H,6,7)/t25-,26-,27-,28-;/m0./s1. The van der Waals surface area contributed by atoms with Gasteiger partial charge in [-0.15, -0.1) is 0 Å². The summed E-state index contributed by atoms with van der Waals surface area (Å²) in [6.45, 7) is 3.57. The van der Waals surface area contributed by atoms with Gasteiger partial charge in [0.05, 0.1) is 25.2 Å². The highest BCUT2D eigenvalue weighted by Crippen LogP contribution is 2.14. The number of alkyl halides is 3. The van der Waals surface area contributed by atoms with Crippen molar-refractivity contribution in [1.29, 1.82) is 0 Å². The predicted molar refractivity (Wildman–Crippen MR) is 191 cm³/mol. The van der Waals surface area contributed by atoms with E-state index in [4.69, 9.17) is 26.1 Å². The van der Waals surface area contributed by atoms with Gasteiger partial charge in [-0.25, -0.2) is 9.59 Å². The van der Waals surface area contributed by atoms with Crippen LogP contribution >= 0.6 is 0 Å². The Labute approximate surface area is 310 Å². The van der Waals surface area contributed by atoms with Crippen molar-refractivity contribution < 1.29 is 57.2 Å². The first kappa shape index (κ1) is 46.6. The zero-order valence-electron chi connectivity index (χ0n) is 30.1. The predicted octanol–water partition coefficient (Wildman–Crippen LogP) is 1.09. The molecule has 2 rings (SSSR count). The van der Waals surface area contributed by atoms with E-state index in [-0.39, 0.29) is 43.8 Å². The number of carboxylic acids is 1. The molecule has 2 aromatic carbocycles. The van der Waals surface area contributed by atoms with E-state index in [1.807, 2.05) is 50.2 Å². The molecule has 0 unspecified atom stereocenters. The van der Waals surface area contributed by atoms with Crippen molar-refractivity contribution in [2.75, 3.05) is 19.7 Å². The molecule has 16 nitrogen and oxygen atoms in total. The lowest BCUT2D eigenvalue weighted by Gasteiger charge is -2.28. The summed E-state index contributed by atoms with van der Waals surface area (Å²) in [4.78, 5) is 64.3. The van der Waals surface area contributed by atoms with E-state index in [1.54, 1.807) is 24.3 Å². The summed E-state index contributed by atoms with van der Waals surface area (Å²) in [5.74, 6) is -4.73. The van der Waals surface area contributed by atoms with Crippen molar-refractivity contribution in [3.8, 4) is 0 Å². The van der Waals surface area contributed by atoms with Gasteiger partial charge in [0.2, 0.25) is 17.7 Å². The van der Waals surface area contributed by atoms with Gasteiger partial charge in [-0.2, -0.15) is 13.2 Å². The minimum atomic E-state index is -5.08. The molecule has 0 fully saturated rings. The second-order valence-corrected chi connectivity index (χ2v) is 12.4. The van der Waals surface area contributed by atoms with Crippen LogP contribution in [0, 0.1) is 5.92 Å². The minimum Gasteiger partial charge on any atom is -0.475 e. The van der Waals surface area contributed by atoms with E-state index in [9.17, 15) is 42.6 Å². The maximum Gasteiger partial charge on any atom is 0.490 e. The van der Waals surface area contributed by atoms with Crippen molar-refractivity contribution in [3.05, 3.63) is 71.8 Å². The Morgan fingerprint density at radius 3 is 1.94 bits per heavy atom. The number of guanidine groups is 1. The molecule has 300 valence electrons. The number of hydrogen-bond donors (Lipinski definition) is 9. The SMILES string of the molecule is CC(C)C[C@H](NC(=O)[C@H](CO)NC(=O)[C@H](CCCN=C(N)N)NC(=O)OCc1ccccc1)[C@@H](O)CC(=O)NCCc1ccccc1.O=C(O)C(F)(F)F. The highest BCUT2D eigenvalue weighted by atomic mass is 19.4. The molecule has 0 aliphatic heterocycles. The molecule has 11 N–H and O–H groups in total. The summed E-state index contributed by atoms with van der Waals surface area (Å²) in [7, 11) is 0. The smallest absolute Gasteiger partial charge is 0.475 e. The summed E-state index contributed by atoms with van der Waals surface area (Å²) >= 11 is 0. The van der Waals surface area contributed by atoms with Gasteiger partial charge in [0.1, 0.15) is 18.7 Å². The zero-order valence-corrected chi connectivity index (χ0v) is 30.1. The molecule has 0 aromatic heterocycles.